The molecular formula is C11H20N2O4. The number of aliphatic hydroxyl groups is 1. The molecule has 0 saturated carbocycles. The summed E-state index contributed by atoms with van der Waals surface area (Å²) < 4.78 is 10.3. The van der Waals surface area contributed by atoms with Gasteiger partial charge in [-0.1, -0.05) is 0 Å². The number of carbonyl (C=O) groups excluding carboxylic acids is 1. The Kier molecular flexibility index (Phi) is 3.40. The van der Waals surface area contributed by atoms with Crippen LogP contribution in [0.2, 0.25) is 0 Å². The highest BCUT2D eigenvalue weighted by molar-refractivity contribution is 5.83. The molecule has 6 nitrogen and oxygen atoms in total. The van der Waals surface area contributed by atoms with Gasteiger partial charge in [0.2, 0.25) is 5.91 Å². The summed E-state index contributed by atoms with van der Waals surface area (Å²) >= 11 is 0. The fraction of sp³-hybridized carbons (Fsp3) is 0.909. The van der Waals surface area contributed by atoms with Crippen molar-refractivity contribution in [1.82, 2.24) is 5.32 Å². The molecule has 0 radical (unpaired) electrons. The second-order valence-corrected chi connectivity index (χ2v) is 5.25. The van der Waals surface area contributed by atoms with E-state index in [9.17, 15) is 9.90 Å². The number of nitrogens with two attached hydrogens (primary N) is 1. The molecule has 0 spiro atoms. The number of nitrogens with one attached hydrogen (secondary N) is 1. The molecule has 2 rings (SSSR count). The predicted octanol–water partition coefficient (Wildman–Crippen LogP) is -1.38. The highest BCUT2D eigenvalue weighted by atomic mass is 16.5. The molecule has 2 saturated heterocycles. The minimum absolute atomic E-state index is 0.164. The summed E-state index contributed by atoms with van der Waals surface area (Å²) in [6.45, 7) is 3.52. The summed E-state index contributed by atoms with van der Waals surface area (Å²) in [5.41, 5.74) is 4.22. The largest absolute Gasteiger partial charge is 0.386 e. The third-order valence-electron chi connectivity index (χ3n) is 3.70. The van der Waals surface area contributed by atoms with Gasteiger partial charge in [0, 0.05) is 25.6 Å². The lowest BCUT2D eigenvalue weighted by atomic mass is 9.84. The molecule has 3 atom stereocenters. The highest BCUT2D eigenvalue weighted by Crippen LogP contribution is 2.27. The summed E-state index contributed by atoms with van der Waals surface area (Å²) in [5.74, 6) is -0.164. The van der Waals surface area contributed by atoms with Crippen LogP contribution in [0.4, 0.5) is 0 Å². The third kappa shape index (κ3) is 2.44. The molecule has 0 aromatic carbocycles. The molecule has 2 aliphatic heterocycles. The number of hydrogen-bond acceptors (Lipinski definition) is 5. The minimum atomic E-state index is -0.935. The maximum Gasteiger partial charge on any atom is 0.230 e. The van der Waals surface area contributed by atoms with Crippen molar-refractivity contribution in [3.05, 3.63) is 0 Å². The van der Waals surface area contributed by atoms with Crippen molar-refractivity contribution in [2.45, 2.75) is 25.0 Å². The van der Waals surface area contributed by atoms with Gasteiger partial charge in [-0.25, -0.2) is 0 Å². The monoisotopic (exact) mass is 244 g/mol. The van der Waals surface area contributed by atoms with Crippen molar-refractivity contribution in [2.24, 2.45) is 11.1 Å². The molecule has 17 heavy (non-hydrogen) atoms. The quantitative estimate of drug-likeness (QED) is 0.569. The number of rotatable bonds is 3. The number of hydrogen-bond donors (Lipinski definition) is 3. The zero-order valence-electron chi connectivity index (χ0n) is 10.1. The van der Waals surface area contributed by atoms with E-state index in [1.807, 2.05) is 0 Å². The molecule has 6 heteroatoms. The van der Waals surface area contributed by atoms with E-state index in [-0.39, 0.29) is 25.1 Å². The molecule has 2 aliphatic rings. The van der Waals surface area contributed by atoms with Crippen LogP contribution in [0.3, 0.4) is 0 Å². The van der Waals surface area contributed by atoms with Crippen LogP contribution >= 0.6 is 0 Å². The fourth-order valence-corrected chi connectivity index (χ4v) is 2.11. The first-order chi connectivity index (χ1) is 7.96. The standard InChI is InChI=1S/C11H20N2O4/c1-10(6-17-4-8(10)12)9(14)13-5-11(15)2-3-16-7-11/h8,15H,2-7,12H2,1H3,(H,13,14). The lowest BCUT2D eigenvalue weighted by molar-refractivity contribution is -0.132. The lowest BCUT2D eigenvalue weighted by Gasteiger charge is -2.28. The average molecular weight is 244 g/mol. The Labute approximate surface area is 100 Å². The first-order valence-corrected chi connectivity index (χ1v) is 5.88. The van der Waals surface area contributed by atoms with Gasteiger partial charge >= 0.3 is 0 Å². The van der Waals surface area contributed by atoms with Gasteiger partial charge in [0.15, 0.2) is 0 Å². The summed E-state index contributed by atoms with van der Waals surface area (Å²) in [7, 11) is 0. The topological polar surface area (TPSA) is 93.8 Å². The van der Waals surface area contributed by atoms with Crippen molar-refractivity contribution < 1.29 is 19.4 Å². The van der Waals surface area contributed by atoms with Crippen LogP contribution in [-0.4, -0.2) is 55.6 Å². The zero-order chi connectivity index (χ0) is 12.5. The van der Waals surface area contributed by atoms with Gasteiger partial charge in [-0.3, -0.25) is 4.79 Å². The molecule has 98 valence electrons. The molecule has 2 heterocycles. The zero-order valence-corrected chi connectivity index (χ0v) is 10.1. The van der Waals surface area contributed by atoms with Crippen LogP contribution in [-0.2, 0) is 14.3 Å². The maximum atomic E-state index is 12.1. The minimum Gasteiger partial charge on any atom is -0.386 e. The van der Waals surface area contributed by atoms with Crippen LogP contribution < -0.4 is 11.1 Å². The summed E-state index contributed by atoms with van der Waals surface area (Å²) in [5, 5.41) is 12.8. The Bertz CT molecular complexity index is 304. The first-order valence-electron chi connectivity index (χ1n) is 5.88. The van der Waals surface area contributed by atoms with Crippen LogP contribution in [0, 0.1) is 5.41 Å². The second-order valence-electron chi connectivity index (χ2n) is 5.25. The van der Waals surface area contributed by atoms with Crippen molar-refractivity contribution in [3.8, 4) is 0 Å². The molecule has 2 fully saturated rings. The fourth-order valence-electron chi connectivity index (χ4n) is 2.11. The van der Waals surface area contributed by atoms with Gasteiger partial charge in [-0.15, -0.1) is 0 Å². The second kappa shape index (κ2) is 4.53. The van der Waals surface area contributed by atoms with Gasteiger partial charge in [0.25, 0.3) is 0 Å². The van der Waals surface area contributed by atoms with Crippen molar-refractivity contribution >= 4 is 5.91 Å². The Morgan fingerprint density at radius 2 is 2.29 bits per heavy atom. The highest BCUT2D eigenvalue weighted by Gasteiger charge is 2.45. The Hall–Kier alpha value is -0.690. The van der Waals surface area contributed by atoms with Crippen molar-refractivity contribution in [1.29, 1.82) is 0 Å². The lowest BCUT2D eigenvalue weighted by Crippen LogP contribution is -2.53. The molecule has 0 aliphatic carbocycles. The van der Waals surface area contributed by atoms with Crippen LogP contribution in [0.5, 0.6) is 0 Å². The van der Waals surface area contributed by atoms with Gasteiger partial charge in [-0.2, -0.15) is 0 Å². The first kappa shape index (κ1) is 12.8. The number of ether oxygens (including phenoxy) is 2. The Balaban J connectivity index is 1.89. The molecule has 0 aromatic rings. The van der Waals surface area contributed by atoms with Crippen LogP contribution in [0.25, 0.3) is 0 Å². The molecule has 0 aromatic heterocycles. The third-order valence-corrected chi connectivity index (χ3v) is 3.70. The van der Waals surface area contributed by atoms with Gasteiger partial charge in [-0.05, 0) is 6.92 Å². The van der Waals surface area contributed by atoms with Gasteiger partial charge in [0.05, 0.1) is 25.2 Å². The summed E-state index contributed by atoms with van der Waals surface area (Å²) in [4.78, 5) is 12.1. The van der Waals surface area contributed by atoms with E-state index in [2.05, 4.69) is 5.32 Å². The van der Waals surface area contributed by atoms with E-state index in [4.69, 9.17) is 15.2 Å². The Morgan fingerprint density at radius 3 is 2.82 bits per heavy atom. The molecule has 1 amide bonds. The van der Waals surface area contributed by atoms with E-state index >= 15 is 0 Å². The summed E-state index contributed by atoms with van der Waals surface area (Å²) in [6, 6.07) is -0.294. The normalized spacial score (nSPS) is 41.7. The van der Waals surface area contributed by atoms with Gasteiger partial charge in [0.1, 0.15) is 5.60 Å². The maximum absolute atomic E-state index is 12.1. The molecule has 3 unspecified atom stereocenters. The summed E-state index contributed by atoms with van der Waals surface area (Å²) in [6.07, 6.45) is 0.548. The number of amides is 1. The van der Waals surface area contributed by atoms with E-state index in [1.54, 1.807) is 6.92 Å². The van der Waals surface area contributed by atoms with E-state index in [1.165, 1.54) is 0 Å². The van der Waals surface area contributed by atoms with Crippen LogP contribution in [0.15, 0.2) is 0 Å². The average Bonchev–Trinajstić information content (AvgIpc) is 2.85. The van der Waals surface area contributed by atoms with Crippen molar-refractivity contribution in [2.75, 3.05) is 33.0 Å². The van der Waals surface area contributed by atoms with Crippen LogP contribution in [0.1, 0.15) is 13.3 Å². The van der Waals surface area contributed by atoms with Gasteiger partial charge < -0.3 is 25.6 Å². The van der Waals surface area contributed by atoms with E-state index in [0.29, 0.717) is 26.2 Å². The smallest absolute Gasteiger partial charge is 0.230 e. The van der Waals surface area contributed by atoms with E-state index in [0.717, 1.165) is 0 Å². The molecule has 4 N–H and O–H groups in total. The van der Waals surface area contributed by atoms with Crippen molar-refractivity contribution in [3.63, 3.8) is 0 Å². The van der Waals surface area contributed by atoms with E-state index < -0.39 is 11.0 Å². The predicted molar refractivity (Wildman–Crippen MR) is 60.3 cm³/mol. The number of carbonyl (C=O) groups is 1. The molecular weight excluding hydrogens is 224 g/mol. The SMILES string of the molecule is CC1(C(=O)NCC2(O)CCOC2)COCC1N. The Morgan fingerprint density at radius 1 is 1.53 bits per heavy atom. The molecule has 0 bridgehead atoms.